The number of hydrogen-bond donors (Lipinski definition) is 0. The molecule has 1 atom stereocenters. The second kappa shape index (κ2) is 5.09. The van der Waals surface area contributed by atoms with E-state index in [9.17, 15) is 9.59 Å². The summed E-state index contributed by atoms with van der Waals surface area (Å²) in [4.78, 5) is 22.2. The van der Waals surface area contributed by atoms with Crippen molar-refractivity contribution >= 4 is 18.1 Å². The number of carbonyl (C=O) groups is 2. The summed E-state index contributed by atoms with van der Waals surface area (Å²) in [5.41, 5.74) is 3.14. The first-order valence-electron chi connectivity index (χ1n) is 5.92. The average Bonchev–Trinajstić information content (AvgIpc) is 2.46. The molecule has 17 heavy (non-hydrogen) atoms. The highest BCUT2D eigenvalue weighted by atomic mass is 16.1. The summed E-state index contributed by atoms with van der Waals surface area (Å²) in [5, 5.41) is 0. The van der Waals surface area contributed by atoms with Crippen LogP contribution in [0.1, 0.15) is 30.9 Å². The Bertz CT molecular complexity index is 472. The first-order valence-corrected chi connectivity index (χ1v) is 5.92. The topological polar surface area (TPSA) is 34.1 Å². The molecule has 0 aromatic heterocycles. The molecule has 1 aliphatic carbocycles. The number of ketones is 1. The first-order chi connectivity index (χ1) is 8.19. The highest BCUT2D eigenvalue weighted by molar-refractivity contribution is 5.83. The van der Waals surface area contributed by atoms with E-state index < -0.39 is 0 Å². The van der Waals surface area contributed by atoms with E-state index in [1.807, 2.05) is 24.3 Å². The van der Waals surface area contributed by atoms with Crippen LogP contribution in [-0.4, -0.2) is 12.1 Å². The average molecular weight is 228 g/mol. The number of allylic oxidation sites excluding steroid dienone is 1. The molecule has 0 spiro atoms. The van der Waals surface area contributed by atoms with Gasteiger partial charge in [0.1, 0.15) is 12.1 Å². The number of hydrogen-bond acceptors (Lipinski definition) is 2. The van der Waals surface area contributed by atoms with Crippen LogP contribution in [0, 0.1) is 5.92 Å². The van der Waals surface area contributed by atoms with Crippen LogP contribution in [0.4, 0.5) is 0 Å². The smallest absolute Gasteiger partial charge is 0.146 e. The monoisotopic (exact) mass is 228 g/mol. The number of fused-ring (bicyclic) bond motifs is 1. The predicted octanol–water partition coefficient (Wildman–Crippen LogP) is 2.81. The van der Waals surface area contributed by atoms with Gasteiger partial charge in [0.15, 0.2) is 0 Å². The highest BCUT2D eigenvalue weighted by Gasteiger charge is 2.18. The fourth-order valence-electron chi connectivity index (χ4n) is 2.47. The van der Waals surface area contributed by atoms with Gasteiger partial charge in [-0.2, -0.15) is 0 Å². The van der Waals surface area contributed by atoms with Crippen LogP contribution >= 0.6 is 0 Å². The lowest BCUT2D eigenvalue weighted by Crippen LogP contribution is -2.09. The van der Waals surface area contributed by atoms with E-state index in [4.69, 9.17) is 0 Å². The van der Waals surface area contributed by atoms with E-state index in [1.54, 1.807) is 6.92 Å². The molecule has 2 heteroatoms. The minimum atomic E-state index is 0.194. The SMILES string of the molecule is CC(=O)CC1CC(C=O)=Cc2ccccc2C1. The molecule has 0 aliphatic heterocycles. The molecule has 0 N–H and O–H groups in total. The Morgan fingerprint density at radius 2 is 2.12 bits per heavy atom. The molecule has 1 unspecified atom stereocenters. The summed E-state index contributed by atoms with van der Waals surface area (Å²) >= 11 is 0. The van der Waals surface area contributed by atoms with Crippen LogP contribution in [0.3, 0.4) is 0 Å². The molecule has 0 amide bonds. The molecular weight excluding hydrogens is 212 g/mol. The van der Waals surface area contributed by atoms with Crippen molar-refractivity contribution in [2.45, 2.75) is 26.2 Å². The maximum absolute atomic E-state index is 11.2. The molecular formula is C15H16O2. The van der Waals surface area contributed by atoms with Crippen LogP contribution in [-0.2, 0) is 16.0 Å². The Labute approximate surface area is 101 Å². The molecule has 1 aliphatic rings. The molecule has 0 heterocycles. The highest BCUT2D eigenvalue weighted by Crippen LogP contribution is 2.28. The second-order valence-corrected chi connectivity index (χ2v) is 4.72. The summed E-state index contributed by atoms with van der Waals surface area (Å²) in [6, 6.07) is 8.08. The van der Waals surface area contributed by atoms with E-state index in [-0.39, 0.29) is 11.7 Å². The van der Waals surface area contributed by atoms with Crippen molar-refractivity contribution in [2.75, 3.05) is 0 Å². The van der Waals surface area contributed by atoms with E-state index in [0.29, 0.717) is 12.8 Å². The zero-order valence-corrected chi connectivity index (χ0v) is 9.98. The van der Waals surface area contributed by atoms with Gasteiger partial charge in [-0.05, 0) is 48.5 Å². The largest absolute Gasteiger partial charge is 0.300 e. The van der Waals surface area contributed by atoms with Crippen LogP contribution < -0.4 is 0 Å². The van der Waals surface area contributed by atoms with Crippen LogP contribution in [0.25, 0.3) is 6.08 Å². The number of aldehydes is 1. The molecule has 1 aromatic rings. The number of Topliss-reactive ketones (excluding diaryl/α,β-unsaturated/α-hetero) is 1. The Morgan fingerprint density at radius 3 is 2.82 bits per heavy atom. The third-order valence-electron chi connectivity index (χ3n) is 3.16. The van der Waals surface area contributed by atoms with Crippen molar-refractivity contribution in [2.24, 2.45) is 5.92 Å². The van der Waals surface area contributed by atoms with Gasteiger partial charge in [0, 0.05) is 6.42 Å². The van der Waals surface area contributed by atoms with Crippen LogP contribution in [0.15, 0.2) is 29.8 Å². The van der Waals surface area contributed by atoms with E-state index in [2.05, 4.69) is 6.07 Å². The Hall–Kier alpha value is -1.70. The van der Waals surface area contributed by atoms with Gasteiger partial charge in [-0.1, -0.05) is 24.3 Å². The van der Waals surface area contributed by atoms with Crippen molar-refractivity contribution < 1.29 is 9.59 Å². The standard InChI is InChI=1S/C15H16O2/c1-11(17)6-12-7-13(10-16)9-15-5-3-2-4-14(15)8-12/h2-5,9-10,12H,6-8H2,1H3. The normalized spacial score (nSPS) is 18.9. The second-order valence-electron chi connectivity index (χ2n) is 4.72. The fraction of sp³-hybridized carbons (Fsp3) is 0.333. The van der Waals surface area contributed by atoms with Crippen molar-refractivity contribution in [1.82, 2.24) is 0 Å². The Morgan fingerprint density at radius 1 is 1.35 bits per heavy atom. The van der Waals surface area contributed by atoms with Crippen LogP contribution in [0.2, 0.25) is 0 Å². The molecule has 2 rings (SSSR count). The molecule has 88 valence electrons. The lowest BCUT2D eigenvalue weighted by Gasteiger charge is -2.13. The van der Waals surface area contributed by atoms with Crippen molar-refractivity contribution in [3.63, 3.8) is 0 Å². The van der Waals surface area contributed by atoms with E-state index in [0.717, 1.165) is 23.8 Å². The summed E-state index contributed by atoms with van der Waals surface area (Å²) in [6.45, 7) is 1.61. The Kier molecular flexibility index (Phi) is 3.52. The minimum absolute atomic E-state index is 0.194. The van der Waals surface area contributed by atoms with E-state index in [1.165, 1.54) is 5.56 Å². The number of rotatable bonds is 3. The summed E-state index contributed by atoms with van der Waals surface area (Å²) in [7, 11) is 0. The van der Waals surface area contributed by atoms with Gasteiger partial charge >= 0.3 is 0 Å². The van der Waals surface area contributed by atoms with Gasteiger partial charge in [0.2, 0.25) is 0 Å². The van der Waals surface area contributed by atoms with Gasteiger partial charge in [-0.15, -0.1) is 0 Å². The van der Waals surface area contributed by atoms with Crippen molar-refractivity contribution in [1.29, 1.82) is 0 Å². The maximum atomic E-state index is 11.2. The maximum Gasteiger partial charge on any atom is 0.146 e. The zero-order chi connectivity index (χ0) is 12.3. The molecule has 0 saturated carbocycles. The van der Waals surface area contributed by atoms with Gasteiger partial charge < -0.3 is 4.79 Å². The summed E-state index contributed by atoms with van der Waals surface area (Å²) in [5.74, 6) is 0.451. The fourth-order valence-corrected chi connectivity index (χ4v) is 2.47. The molecule has 0 fully saturated rings. The quantitative estimate of drug-likeness (QED) is 0.745. The number of carbonyl (C=O) groups excluding carboxylic acids is 2. The zero-order valence-electron chi connectivity index (χ0n) is 9.98. The van der Waals surface area contributed by atoms with Crippen LogP contribution in [0.5, 0.6) is 0 Å². The third-order valence-corrected chi connectivity index (χ3v) is 3.16. The van der Waals surface area contributed by atoms with E-state index >= 15 is 0 Å². The molecule has 0 bridgehead atoms. The van der Waals surface area contributed by atoms with Crippen molar-refractivity contribution in [3.05, 3.63) is 41.0 Å². The molecule has 1 aromatic carbocycles. The third kappa shape index (κ3) is 2.90. The van der Waals surface area contributed by atoms with Gasteiger partial charge in [0.25, 0.3) is 0 Å². The van der Waals surface area contributed by atoms with Gasteiger partial charge in [-0.25, -0.2) is 0 Å². The van der Waals surface area contributed by atoms with Gasteiger partial charge in [0.05, 0.1) is 0 Å². The molecule has 2 nitrogen and oxygen atoms in total. The minimum Gasteiger partial charge on any atom is -0.300 e. The number of benzene rings is 1. The predicted molar refractivity (Wildman–Crippen MR) is 67.6 cm³/mol. The molecule has 0 saturated heterocycles. The Balaban J connectivity index is 2.33. The lowest BCUT2D eigenvalue weighted by molar-refractivity contribution is -0.118. The van der Waals surface area contributed by atoms with Crippen molar-refractivity contribution in [3.8, 4) is 0 Å². The van der Waals surface area contributed by atoms with Gasteiger partial charge in [-0.3, -0.25) is 4.79 Å². The summed E-state index contributed by atoms with van der Waals surface area (Å²) in [6.07, 6.45) is 5.00. The molecule has 0 radical (unpaired) electrons. The summed E-state index contributed by atoms with van der Waals surface area (Å²) < 4.78 is 0. The first kappa shape index (κ1) is 11.8. The lowest BCUT2D eigenvalue weighted by atomic mass is 9.91.